The second-order valence-corrected chi connectivity index (χ2v) is 6.77. The smallest absolute Gasteiger partial charge is 0.290 e. The predicted octanol–water partition coefficient (Wildman–Crippen LogP) is 2.77. The number of fused-ring (bicyclic) bond motifs is 1. The number of ether oxygens (including phenoxy) is 2. The molecule has 0 saturated carbocycles. The van der Waals surface area contributed by atoms with E-state index in [4.69, 9.17) is 20.3 Å². The Morgan fingerprint density at radius 2 is 1.81 bits per heavy atom. The standard InChI is InChI=1S/C23H20N6O3/c1-31-15-11-12-26-18(13-15)20(24)32-23(25)29-21-22(30)27-17-10-6-5-9-16(17)19(28-21)14-7-3-2-4-8-14/h2-13,21,24H,1H3,(H2,25,29)(H,27,30). The number of nitrogens with zero attached hydrogens (tertiary/aromatic N) is 2. The Morgan fingerprint density at radius 1 is 1.06 bits per heavy atom. The van der Waals surface area contributed by atoms with Crippen LogP contribution in [0, 0.1) is 10.8 Å². The maximum absolute atomic E-state index is 12.8. The van der Waals surface area contributed by atoms with Crippen molar-refractivity contribution >= 4 is 29.2 Å². The van der Waals surface area contributed by atoms with Gasteiger partial charge in [-0.25, -0.2) is 4.99 Å². The summed E-state index contributed by atoms with van der Waals surface area (Å²) in [7, 11) is 1.50. The molecule has 1 amide bonds. The van der Waals surface area contributed by atoms with E-state index >= 15 is 0 Å². The Morgan fingerprint density at radius 3 is 2.59 bits per heavy atom. The average molecular weight is 428 g/mol. The summed E-state index contributed by atoms with van der Waals surface area (Å²) in [6.45, 7) is 0. The molecule has 2 heterocycles. The number of para-hydroxylation sites is 1. The quantitative estimate of drug-likeness (QED) is 0.375. The van der Waals surface area contributed by atoms with Crippen molar-refractivity contribution in [3.63, 3.8) is 0 Å². The summed E-state index contributed by atoms with van der Waals surface area (Å²) in [4.78, 5) is 21.4. The summed E-state index contributed by atoms with van der Waals surface area (Å²) in [5.74, 6) is -0.324. The molecule has 9 nitrogen and oxygen atoms in total. The maximum atomic E-state index is 12.8. The molecule has 0 saturated heterocycles. The Bertz CT molecular complexity index is 1210. The SMILES string of the molecule is COc1ccnc(C(=N)OC(=N)NC2N=C(c3ccccc3)c3ccccc3NC2=O)c1. The van der Waals surface area contributed by atoms with Crippen molar-refractivity contribution in [1.29, 1.82) is 10.8 Å². The van der Waals surface area contributed by atoms with E-state index in [1.54, 1.807) is 12.1 Å². The van der Waals surface area contributed by atoms with Crippen molar-refractivity contribution in [2.75, 3.05) is 12.4 Å². The molecule has 1 unspecified atom stereocenters. The second kappa shape index (κ2) is 9.09. The number of benzene rings is 2. The molecule has 4 N–H and O–H groups in total. The number of hydrogen-bond acceptors (Lipinski definition) is 7. The highest BCUT2D eigenvalue weighted by Gasteiger charge is 2.27. The van der Waals surface area contributed by atoms with E-state index in [2.05, 4.69) is 20.6 Å². The molecule has 1 aromatic heterocycles. The Balaban J connectivity index is 1.58. The Kier molecular flexibility index (Phi) is 5.89. The van der Waals surface area contributed by atoms with E-state index in [1.807, 2.05) is 48.5 Å². The number of amidine groups is 1. The third kappa shape index (κ3) is 4.46. The van der Waals surface area contributed by atoms with E-state index in [1.165, 1.54) is 19.4 Å². The molecule has 1 atom stereocenters. The summed E-state index contributed by atoms with van der Waals surface area (Å²) in [5, 5.41) is 21.6. The first kappa shape index (κ1) is 20.7. The monoisotopic (exact) mass is 428 g/mol. The van der Waals surface area contributed by atoms with Crippen LogP contribution in [0.1, 0.15) is 16.8 Å². The first-order valence-electron chi connectivity index (χ1n) is 9.70. The molecule has 0 fully saturated rings. The van der Waals surface area contributed by atoms with Crippen molar-refractivity contribution in [1.82, 2.24) is 10.3 Å². The van der Waals surface area contributed by atoms with E-state index in [0.717, 1.165) is 11.1 Å². The van der Waals surface area contributed by atoms with Gasteiger partial charge in [0.1, 0.15) is 11.4 Å². The Hall–Kier alpha value is -4.53. The van der Waals surface area contributed by atoms with Gasteiger partial charge < -0.3 is 20.1 Å². The molecule has 0 spiro atoms. The van der Waals surface area contributed by atoms with Gasteiger partial charge in [0.25, 0.3) is 11.9 Å². The first-order chi connectivity index (χ1) is 15.5. The maximum Gasteiger partial charge on any atom is 0.290 e. The third-order valence-corrected chi connectivity index (χ3v) is 4.67. The zero-order chi connectivity index (χ0) is 22.5. The number of aliphatic imine (C=N–C) groups is 1. The largest absolute Gasteiger partial charge is 0.497 e. The summed E-state index contributed by atoms with van der Waals surface area (Å²) < 4.78 is 10.3. The van der Waals surface area contributed by atoms with Crippen molar-refractivity contribution in [3.8, 4) is 5.75 Å². The van der Waals surface area contributed by atoms with Crippen molar-refractivity contribution in [3.05, 3.63) is 89.7 Å². The lowest BCUT2D eigenvalue weighted by Gasteiger charge is -2.15. The Labute approximate surface area is 184 Å². The minimum atomic E-state index is -1.14. The number of carbonyl (C=O) groups excluding carboxylic acids is 1. The number of benzodiazepines with no additional fused rings is 1. The molecule has 2 aromatic carbocycles. The number of pyridine rings is 1. The number of aromatic nitrogens is 1. The van der Waals surface area contributed by atoms with Gasteiger partial charge in [-0.2, -0.15) is 0 Å². The van der Waals surface area contributed by atoms with Crippen molar-refractivity contribution < 1.29 is 14.3 Å². The molecule has 0 bridgehead atoms. The highest BCUT2D eigenvalue weighted by molar-refractivity contribution is 6.19. The topological polar surface area (TPSA) is 133 Å². The molecule has 1 aliphatic rings. The molecular weight excluding hydrogens is 408 g/mol. The molecule has 160 valence electrons. The lowest BCUT2D eigenvalue weighted by molar-refractivity contribution is -0.117. The van der Waals surface area contributed by atoms with Crippen molar-refractivity contribution in [2.24, 2.45) is 4.99 Å². The van der Waals surface area contributed by atoms with Crippen LogP contribution >= 0.6 is 0 Å². The van der Waals surface area contributed by atoms with Gasteiger partial charge in [0.05, 0.1) is 18.5 Å². The van der Waals surface area contributed by atoms with Crippen LogP contribution in [-0.4, -0.2) is 41.8 Å². The van der Waals surface area contributed by atoms with Crippen LogP contribution in [0.15, 0.2) is 77.9 Å². The zero-order valence-electron chi connectivity index (χ0n) is 17.1. The van der Waals surface area contributed by atoms with Gasteiger partial charge in [0, 0.05) is 23.4 Å². The number of hydrogen-bond donors (Lipinski definition) is 4. The van der Waals surface area contributed by atoms with E-state index in [-0.39, 0.29) is 11.6 Å². The predicted molar refractivity (Wildman–Crippen MR) is 121 cm³/mol. The zero-order valence-corrected chi connectivity index (χ0v) is 17.1. The average Bonchev–Trinajstić information content (AvgIpc) is 2.96. The minimum Gasteiger partial charge on any atom is -0.497 e. The molecule has 1 aliphatic heterocycles. The van der Waals surface area contributed by atoms with Gasteiger partial charge in [-0.15, -0.1) is 0 Å². The molecule has 0 radical (unpaired) electrons. The third-order valence-electron chi connectivity index (χ3n) is 4.67. The number of carbonyl (C=O) groups is 1. The lowest BCUT2D eigenvalue weighted by atomic mass is 10.0. The van der Waals surface area contributed by atoms with Gasteiger partial charge in [-0.3, -0.25) is 20.6 Å². The molecule has 0 aliphatic carbocycles. The van der Waals surface area contributed by atoms with Crippen LogP contribution in [0.2, 0.25) is 0 Å². The minimum absolute atomic E-state index is 0.182. The fourth-order valence-corrected chi connectivity index (χ4v) is 3.15. The van der Waals surface area contributed by atoms with E-state index < -0.39 is 18.1 Å². The number of methoxy groups -OCH3 is 1. The number of anilines is 1. The van der Waals surface area contributed by atoms with Crippen LogP contribution in [0.3, 0.4) is 0 Å². The fourth-order valence-electron chi connectivity index (χ4n) is 3.15. The molecule has 32 heavy (non-hydrogen) atoms. The molecule has 4 rings (SSSR count). The highest BCUT2D eigenvalue weighted by Crippen LogP contribution is 2.23. The number of rotatable bonds is 4. The number of nitrogens with one attached hydrogen (secondary N) is 4. The van der Waals surface area contributed by atoms with Gasteiger partial charge >= 0.3 is 0 Å². The van der Waals surface area contributed by atoms with Crippen LogP contribution in [0.5, 0.6) is 5.75 Å². The normalized spacial score (nSPS) is 14.8. The van der Waals surface area contributed by atoms with Gasteiger partial charge in [-0.05, 0) is 12.1 Å². The molecular formula is C23H20N6O3. The van der Waals surface area contributed by atoms with Gasteiger partial charge in [-0.1, -0.05) is 48.5 Å². The van der Waals surface area contributed by atoms with Crippen LogP contribution in [-0.2, 0) is 9.53 Å². The number of amides is 1. The summed E-state index contributed by atoms with van der Waals surface area (Å²) >= 11 is 0. The van der Waals surface area contributed by atoms with E-state index in [0.29, 0.717) is 17.1 Å². The van der Waals surface area contributed by atoms with E-state index in [9.17, 15) is 4.79 Å². The van der Waals surface area contributed by atoms with Gasteiger partial charge in [0.15, 0.2) is 0 Å². The summed E-state index contributed by atoms with van der Waals surface area (Å²) in [5.41, 5.74) is 2.97. The van der Waals surface area contributed by atoms with Gasteiger partial charge in [0.2, 0.25) is 12.1 Å². The summed E-state index contributed by atoms with van der Waals surface area (Å²) in [6, 6.07) is 19.4. The van der Waals surface area contributed by atoms with Crippen LogP contribution < -0.4 is 15.4 Å². The fraction of sp³-hybridized carbons (Fsp3) is 0.0870. The summed E-state index contributed by atoms with van der Waals surface area (Å²) in [6.07, 6.45) is 0.325. The first-order valence-corrected chi connectivity index (χ1v) is 9.70. The second-order valence-electron chi connectivity index (χ2n) is 6.77. The highest BCUT2D eigenvalue weighted by atomic mass is 16.5. The molecule has 9 heteroatoms. The van der Waals surface area contributed by atoms with Crippen molar-refractivity contribution in [2.45, 2.75) is 6.17 Å². The van der Waals surface area contributed by atoms with Crippen LogP contribution in [0.4, 0.5) is 5.69 Å². The van der Waals surface area contributed by atoms with Crippen LogP contribution in [0.25, 0.3) is 0 Å². The lowest BCUT2D eigenvalue weighted by Crippen LogP contribution is -2.43. The molecule has 3 aromatic rings.